The van der Waals surface area contributed by atoms with Gasteiger partial charge in [0, 0.05) is 41.3 Å². The first kappa shape index (κ1) is 15.5. The molecule has 3 atom stereocenters. The Bertz CT molecular complexity index is 662. The molecule has 3 nitrogen and oxygen atoms in total. The van der Waals surface area contributed by atoms with Gasteiger partial charge in [-0.25, -0.2) is 0 Å². The molecule has 0 bridgehead atoms. The highest BCUT2D eigenvalue weighted by Crippen LogP contribution is 2.37. The maximum Gasteiger partial charge on any atom is 0.0700 e. The van der Waals surface area contributed by atoms with Crippen LogP contribution in [0.15, 0.2) is 24.4 Å². The van der Waals surface area contributed by atoms with Crippen molar-refractivity contribution in [3.8, 4) is 0 Å². The van der Waals surface area contributed by atoms with E-state index in [2.05, 4.69) is 28.6 Å². The van der Waals surface area contributed by atoms with Crippen LogP contribution in [0.5, 0.6) is 0 Å². The number of fused-ring (bicyclic) bond motifs is 1. The van der Waals surface area contributed by atoms with Crippen LogP contribution in [0.2, 0.25) is 5.02 Å². The van der Waals surface area contributed by atoms with Crippen LogP contribution in [0.1, 0.15) is 50.0 Å². The van der Waals surface area contributed by atoms with E-state index in [0.717, 1.165) is 18.2 Å². The Balaban J connectivity index is 1.44. The Hall–Kier alpha value is -1.03. The lowest BCUT2D eigenvalue weighted by molar-refractivity contribution is 0.105. The van der Waals surface area contributed by atoms with Gasteiger partial charge in [-0.05, 0) is 61.8 Å². The van der Waals surface area contributed by atoms with Crippen LogP contribution in [-0.4, -0.2) is 30.3 Å². The largest absolute Gasteiger partial charge is 0.377 e. The van der Waals surface area contributed by atoms with Crippen molar-refractivity contribution in [1.29, 1.82) is 0 Å². The van der Waals surface area contributed by atoms with Crippen molar-refractivity contribution in [3.63, 3.8) is 0 Å². The third-order valence-corrected chi connectivity index (χ3v) is 5.68. The van der Waals surface area contributed by atoms with Gasteiger partial charge in [-0.15, -0.1) is 0 Å². The second kappa shape index (κ2) is 6.84. The normalized spacial score (nSPS) is 28.5. The lowest BCUT2D eigenvalue weighted by Crippen LogP contribution is -2.38. The zero-order valence-corrected chi connectivity index (χ0v) is 14.2. The molecule has 0 radical (unpaired) electrons. The molecule has 0 amide bonds. The van der Waals surface area contributed by atoms with E-state index in [1.54, 1.807) is 0 Å². The van der Waals surface area contributed by atoms with E-state index in [-0.39, 0.29) is 0 Å². The molecule has 23 heavy (non-hydrogen) atoms. The Labute approximate surface area is 142 Å². The van der Waals surface area contributed by atoms with Crippen LogP contribution in [0.25, 0.3) is 10.9 Å². The molecule has 2 fully saturated rings. The van der Waals surface area contributed by atoms with Gasteiger partial charge in [-0.1, -0.05) is 18.0 Å². The summed E-state index contributed by atoms with van der Waals surface area (Å²) >= 11 is 6.20. The van der Waals surface area contributed by atoms with Crippen LogP contribution < -0.4 is 5.32 Å². The molecule has 124 valence electrons. The smallest absolute Gasteiger partial charge is 0.0700 e. The fourth-order valence-electron chi connectivity index (χ4n) is 4.21. The molecule has 2 heterocycles. The molecule has 2 aliphatic rings. The summed E-state index contributed by atoms with van der Waals surface area (Å²) in [7, 11) is 0. The lowest BCUT2D eigenvalue weighted by Gasteiger charge is -2.30. The predicted octanol–water partition coefficient (Wildman–Crippen LogP) is 4.62. The Kier molecular flexibility index (Phi) is 4.61. The number of H-pyrrole nitrogens is 1. The molecule has 1 aliphatic carbocycles. The fraction of sp³-hybridized carbons (Fsp3) is 0.579. The van der Waals surface area contributed by atoms with Gasteiger partial charge in [0.25, 0.3) is 0 Å². The number of rotatable bonds is 4. The molecule has 1 aliphatic heterocycles. The van der Waals surface area contributed by atoms with Crippen molar-refractivity contribution in [1.82, 2.24) is 10.3 Å². The predicted molar refractivity (Wildman–Crippen MR) is 95.3 cm³/mol. The van der Waals surface area contributed by atoms with Gasteiger partial charge in [0.05, 0.1) is 6.10 Å². The van der Waals surface area contributed by atoms with E-state index in [9.17, 15) is 0 Å². The standard InChI is InChI=1S/C19H25ClN2O/c20-14-6-7-19-17(10-14)18(12-22-19)13-3-1-4-15(9-13)21-11-16-5-2-8-23-16/h6-7,10,12-13,15-16,21-22H,1-5,8-9,11H2/t13-,15?,16-/m1/s1. The van der Waals surface area contributed by atoms with Gasteiger partial charge in [0.15, 0.2) is 0 Å². The van der Waals surface area contributed by atoms with Gasteiger partial charge in [0.1, 0.15) is 0 Å². The van der Waals surface area contributed by atoms with Crippen LogP contribution in [-0.2, 0) is 4.74 Å². The van der Waals surface area contributed by atoms with Gasteiger partial charge >= 0.3 is 0 Å². The van der Waals surface area contributed by atoms with Gasteiger partial charge < -0.3 is 15.0 Å². The number of aromatic nitrogens is 1. The molecule has 1 unspecified atom stereocenters. The third-order valence-electron chi connectivity index (χ3n) is 5.45. The maximum absolute atomic E-state index is 6.20. The highest BCUT2D eigenvalue weighted by Gasteiger charge is 2.26. The minimum absolute atomic E-state index is 0.433. The molecule has 1 saturated heterocycles. The molecule has 1 aromatic heterocycles. The van der Waals surface area contributed by atoms with Crippen molar-refractivity contribution in [3.05, 3.63) is 35.0 Å². The Morgan fingerprint density at radius 1 is 1.22 bits per heavy atom. The van der Waals surface area contributed by atoms with Crippen molar-refractivity contribution >= 4 is 22.5 Å². The number of halogens is 1. The summed E-state index contributed by atoms with van der Waals surface area (Å²) in [5, 5.41) is 5.87. The minimum atomic E-state index is 0.433. The second-order valence-electron chi connectivity index (χ2n) is 7.04. The molecular formula is C19H25ClN2O. The van der Waals surface area contributed by atoms with Gasteiger partial charge in [-0.3, -0.25) is 0 Å². The number of benzene rings is 1. The molecule has 2 N–H and O–H groups in total. The third kappa shape index (κ3) is 3.42. The van der Waals surface area contributed by atoms with Gasteiger partial charge in [-0.2, -0.15) is 0 Å². The van der Waals surface area contributed by atoms with Crippen LogP contribution in [0, 0.1) is 0 Å². The SMILES string of the molecule is Clc1ccc2[nH]cc([C@@H]3CCCC(NC[C@H]4CCCO4)C3)c2c1. The van der Waals surface area contributed by atoms with Crippen molar-refractivity contribution in [2.75, 3.05) is 13.2 Å². The first-order valence-corrected chi connectivity index (χ1v) is 9.29. The van der Waals surface area contributed by atoms with Crippen molar-refractivity contribution in [2.24, 2.45) is 0 Å². The highest BCUT2D eigenvalue weighted by atomic mass is 35.5. The number of hydrogen-bond acceptors (Lipinski definition) is 2. The quantitative estimate of drug-likeness (QED) is 0.857. The van der Waals surface area contributed by atoms with E-state index < -0.39 is 0 Å². The molecule has 4 rings (SSSR count). The van der Waals surface area contributed by atoms with Crippen molar-refractivity contribution < 1.29 is 4.74 Å². The molecule has 1 aromatic carbocycles. The summed E-state index contributed by atoms with van der Waals surface area (Å²) in [6.45, 7) is 1.95. The van der Waals surface area contributed by atoms with E-state index in [0.29, 0.717) is 18.1 Å². The summed E-state index contributed by atoms with van der Waals surface area (Å²) < 4.78 is 5.73. The van der Waals surface area contributed by atoms with E-state index in [4.69, 9.17) is 16.3 Å². The van der Waals surface area contributed by atoms with Gasteiger partial charge in [0.2, 0.25) is 0 Å². The Morgan fingerprint density at radius 2 is 2.17 bits per heavy atom. The summed E-state index contributed by atoms with van der Waals surface area (Å²) in [5.74, 6) is 0.623. The summed E-state index contributed by atoms with van der Waals surface area (Å²) in [5.41, 5.74) is 2.63. The second-order valence-corrected chi connectivity index (χ2v) is 7.47. The average Bonchev–Trinajstić information content (AvgIpc) is 3.22. The maximum atomic E-state index is 6.20. The zero-order valence-electron chi connectivity index (χ0n) is 13.5. The van der Waals surface area contributed by atoms with E-state index >= 15 is 0 Å². The lowest BCUT2D eigenvalue weighted by atomic mass is 9.81. The summed E-state index contributed by atoms with van der Waals surface area (Å²) in [4.78, 5) is 3.41. The molecule has 0 spiro atoms. The Morgan fingerprint density at radius 3 is 3.04 bits per heavy atom. The molecule has 1 saturated carbocycles. The molecular weight excluding hydrogens is 308 g/mol. The minimum Gasteiger partial charge on any atom is -0.377 e. The number of hydrogen-bond donors (Lipinski definition) is 2. The molecule has 4 heteroatoms. The topological polar surface area (TPSA) is 37.0 Å². The van der Waals surface area contributed by atoms with Crippen LogP contribution in [0.4, 0.5) is 0 Å². The number of nitrogens with one attached hydrogen (secondary N) is 2. The van der Waals surface area contributed by atoms with Crippen molar-refractivity contribution in [2.45, 2.75) is 56.6 Å². The first-order chi connectivity index (χ1) is 11.3. The first-order valence-electron chi connectivity index (χ1n) is 8.91. The van der Waals surface area contributed by atoms with E-state index in [1.807, 2.05) is 6.07 Å². The summed E-state index contributed by atoms with van der Waals surface area (Å²) in [6, 6.07) is 6.75. The number of ether oxygens (including phenoxy) is 1. The zero-order chi connectivity index (χ0) is 15.6. The molecule has 2 aromatic rings. The number of aromatic amines is 1. The highest BCUT2D eigenvalue weighted by molar-refractivity contribution is 6.31. The monoisotopic (exact) mass is 332 g/mol. The average molecular weight is 333 g/mol. The van der Waals surface area contributed by atoms with E-state index in [1.165, 1.54) is 55.0 Å². The van der Waals surface area contributed by atoms with Crippen LogP contribution >= 0.6 is 11.6 Å². The summed E-state index contributed by atoms with van der Waals surface area (Å²) in [6.07, 6.45) is 10.1. The van der Waals surface area contributed by atoms with Crippen LogP contribution in [0.3, 0.4) is 0 Å². The fourth-order valence-corrected chi connectivity index (χ4v) is 4.39.